The van der Waals surface area contributed by atoms with E-state index in [-0.39, 0.29) is 0 Å². The van der Waals surface area contributed by atoms with Crippen molar-refractivity contribution in [1.29, 1.82) is 0 Å². The first-order valence-electron chi connectivity index (χ1n) is 12.3. The van der Waals surface area contributed by atoms with Crippen LogP contribution in [0.15, 0.2) is 109 Å². The van der Waals surface area contributed by atoms with Crippen LogP contribution in [0.2, 0.25) is 0 Å². The molecule has 0 aromatic heterocycles. The number of anilines is 3. The molecule has 7 aromatic rings. The van der Waals surface area contributed by atoms with Crippen molar-refractivity contribution in [2.75, 3.05) is 4.90 Å². The smallest absolute Gasteiger partial charge is 0.0503 e. The summed E-state index contributed by atoms with van der Waals surface area (Å²) in [7, 11) is 0. The van der Waals surface area contributed by atoms with E-state index in [2.05, 4.69) is 121 Å². The third-order valence-electron chi connectivity index (χ3n) is 7.81. The topological polar surface area (TPSA) is 3.24 Å². The van der Waals surface area contributed by atoms with Gasteiger partial charge >= 0.3 is 0 Å². The molecule has 1 aliphatic heterocycles. The van der Waals surface area contributed by atoms with Gasteiger partial charge in [0.25, 0.3) is 0 Å². The van der Waals surface area contributed by atoms with E-state index < -0.39 is 0 Å². The van der Waals surface area contributed by atoms with Crippen molar-refractivity contribution in [2.24, 2.45) is 0 Å². The second-order valence-electron chi connectivity index (χ2n) is 9.91. The predicted molar refractivity (Wildman–Crippen MR) is 150 cm³/mol. The van der Waals surface area contributed by atoms with Crippen molar-refractivity contribution in [1.82, 2.24) is 0 Å². The molecule has 0 saturated heterocycles. The lowest BCUT2D eigenvalue weighted by Crippen LogP contribution is -2.18. The lowest BCUT2D eigenvalue weighted by molar-refractivity contribution is 1.10. The number of hydrogen-bond donors (Lipinski definition) is 0. The van der Waals surface area contributed by atoms with E-state index >= 15 is 0 Å². The van der Waals surface area contributed by atoms with E-state index in [9.17, 15) is 0 Å². The fourth-order valence-corrected chi connectivity index (χ4v) is 6.24. The Morgan fingerprint density at radius 3 is 2.03 bits per heavy atom. The summed E-state index contributed by atoms with van der Waals surface area (Å²) in [5, 5.41) is 10.6. The molecule has 0 N–H and O–H groups in total. The molecule has 1 nitrogen and oxygen atoms in total. The highest BCUT2D eigenvalue weighted by Gasteiger charge is 2.26. The van der Waals surface area contributed by atoms with Crippen molar-refractivity contribution >= 4 is 60.2 Å². The first kappa shape index (κ1) is 19.0. The van der Waals surface area contributed by atoms with Gasteiger partial charge in [-0.3, -0.25) is 0 Å². The van der Waals surface area contributed by atoms with Gasteiger partial charge in [0, 0.05) is 17.8 Å². The molecular formula is C34H23N. The number of fused-ring (bicyclic) bond motifs is 4. The van der Waals surface area contributed by atoms with Crippen LogP contribution in [0, 0.1) is 6.92 Å². The lowest BCUT2D eigenvalue weighted by atomic mass is 9.89. The maximum Gasteiger partial charge on any atom is 0.0503 e. The Hall–Kier alpha value is -4.36. The highest BCUT2D eigenvalue weighted by Crippen LogP contribution is 2.48. The van der Waals surface area contributed by atoms with Crippen LogP contribution in [0.5, 0.6) is 0 Å². The van der Waals surface area contributed by atoms with Crippen LogP contribution in [-0.2, 0) is 6.42 Å². The van der Waals surface area contributed by atoms with Crippen LogP contribution in [0.4, 0.5) is 17.1 Å². The zero-order chi connectivity index (χ0) is 23.1. The summed E-state index contributed by atoms with van der Waals surface area (Å²) < 4.78 is 0. The number of para-hydroxylation sites is 1. The molecule has 0 amide bonds. The Bertz CT molecular complexity index is 1880. The van der Waals surface area contributed by atoms with Gasteiger partial charge in [-0.25, -0.2) is 0 Å². The second-order valence-corrected chi connectivity index (χ2v) is 9.91. The van der Waals surface area contributed by atoms with Gasteiger partial charge in [0.1, 0.15) is 0 Å². The maximum atomic E-state index is 2.47. The van der Waals surface area contributed by atoms with Gasteiger partial charge < -0.3 is 4.90 Å². The molecule has 0 bridgehead atoms. The fraction of sp³-hybridized carbons (Fsp3) is 0.0588. The highest BCUT2D eigenvalue weighted by atomic mass is 15.2. The molecule has 0 fully saturated rings. The van der Waals surface area contributed by atoms with Gasteiger partial charge in [-0.2, -0.15) is 0 Å². The molecule has 0 aliphatic carbocycles. The van der Waals surface area contributed by atoms with Crippen LogP contribution < -0.4 is 4.90 Å². The van der Waals surface area contributed by atoms with Crippen LogP contribution in [0.1, 0.15) is 16.7 Å². The quantitative estimate of drug-likeness (QED) is 0.227. The Balaban J connectivity index is 1.44. The number of nitrogens with zero attached hydrogens (tertiary/aromatic N) is 1. The largest absolute Gasteiger partial charge is 0.310 e. The second kappa shape index (κ2) is 6.84. The average molecular weight is 446 g/mol. The van der Waals surface area contributed by atoms with Gasteiger partial charge in [0.05, 0.1) is 5.69 Å². The van der Waals surface area contributed by atoms with E-state index in [1.807, 2.05) is 0 Å². The minimum absolute atomic E-state index is 0.955. The molecule has 1 heteroatoms. The standard InChI is InChI=1S/C34H23N/c1-21-9-15-29-24(17-21)14-16-32-30(29)20-25-5-2-3-8-31(25)35(32)28-18-26-12-10-22-6-4-7-23-11-13-27(19-28)34(26)33(22)23/h2-19H,20H2,1H3. The van der Waals surface area contributed by atoms with Crippen molar-refractivity contribution in [3.63, 3.8) is 0 Å². The van der Waals surface area contributed by atoms with E-state index in [1.54, 1.807) is 0 Å². The molecule has 7 aromatic carbocycles. The van der Waals surface area contributed by atoms with Crippen molar-refractivity contribution in [3.8, 4) is 0 Å². The monoisotopic (exact) mass is 445 g/mol. The Morgan fingerprint density at radius 1 is 0.543 bits per heavy atom. The molecular weight excluding hydrogens is 422 g/mol. The Morgan fingerprint density at radius 2 is 1.23 bits per heavy atom. The number of aryl methyl sites for hydroxylation is 1. The predicted octanol–water partition coefficient (Wildman–Crippen LogP) is 9.42. The minimum Gasteiger partial charge on any atom is -0.310 e. The molecule has 1 heterocycles. The van der Waals surface area contributed by atoms with E-state index in [0.29, 0.717) is 0 Å². The molecule has 0 atom stereocenters. The summed E-state index contributed by atoms with van der Waals surface area (Å²) in [6, 6.07) is 40.8. The molecule has 1 aliphatic rings. The molecule has 0 spiro atoms. The van der Waals surface area contributed by atoms with E-state index in [0.717, 1.165) is 6.42 Å². The lowest BCUT2D eigenvalue weighted by Gasteiger charge is -2.34. The zero-order valence-corrected chi connectivity index (χ0v) is 19.5. The van der Waals surface area contributed by atoms with Crippen LogP contribution in [0.3, 0.4) is 0 Å². The molecule has 164 valence electrons. The molecule has 0 radical (unpaired) electrons. The van der Waals surface area contributed by atoms with Crippen molar-refractivity contribution < 1.29 is 0 Å². The third kappa shape index (κ3) is 2.64. The normalized spacial score (nSPS) is 13.1. The molecule has 8 rings (SSSR count). The van der Waals surface area contributed by atoms with Gasteiger partial charge in [-0.05, 0) is 85.4 Å². The highest BCUT2D eigenvalue weighted by molar-refractivity contribution is 6.23. The van der Waals surface area contributed by atoms with E-state index in [4.69, 9.17) is 0 Å². The van der Waals surface area contributed by atoms with Crippen LogP contribution in [-0.4, -0.2) is 0 Å². The Kier molecular flexibility index (Phi) is 3.71. The summed E-state index contributed by atoms with van der Waals surface area (Å²) in [6.45, 7) is 2.17. The fourth-order valence-electron chi connectivity index (χ4n) is 6.24. The summed E-state index contributed by atoms with van der Waals surface area (Å²) in [5.74, 6) is 0. The Labute approximate surface area is 204 Å². The molecule has 0 unspecified atom stereocenters. The summed E-state index contributed by atoms with van der Waals surface area (Å²) in [5.41, 5.74) is 7.87. The number of benzene rings is 7. The van der Waals surface area contributed by atoms with Gasteiger partial charge in [0.15, 0.2) is 0 Å². The van der Waals surface area contributed by atoms with Crippen LogP contribution in [0.25, 0.3) is 43.1 Å². The first-order chi connectivity index (χ1) is 17.2. The minimum atomic E-state index is 0.955. The van der Waals surface area contributed by atoms with Gasteiger partial charge in [-0.1, -0.05) is 90.5 Å². The molecule has 35 heavy (non-hydrogen) atoms. The van der Waals surface area contributed by atoms with E-state index in [1.165, 1.54) is 76.8 Å². The van der Waals surface area contributed by atoms with Crippen LogP contribution >= 0.6 is 0 Å². The average Bonchev–Trinajstić information content (AvgIpc) is 2.90. The third-order valence-corrected chi connectivity index (χ3v) is 7.81. The summed E-state index contributed by atoms with van der Waals surface area (Å²) in [6.07, 6.45) is 0.955. The number of rotatable bonds is 1. The SMILES string of the molecule is Cc1ccc2c3c(ccc2c1)N(c1cc2ccc4cccc5ccc(c1)c2c45)c1ccccc1C3. The zero-order valence-electron chi connectivity index (χ0n) is 19.5. The molecule has 0 saturated carbocycles. The van der Waals surface area contributed by atoms with Crippen molar-refractivity contribution in [3.05, 3.63) is 126 Å². The van der Waals surface area contributed by atoms with Gasteiger partial charge in [-0.15, -0.1) is 0 Å². The van der Waals surface area contributed by atoms with Gasteiger partial charge in [0.2, 0.25) is 0 Å². The summed E-state index contributed by atoms with van der Waals surface area (Å²) >= 11 is 0. The maximum absolute atomic E-state index is 2.47. The first-order valence-corrected chi connectivity index (χ1v) is 12.3. The van der Waals surface area contributed by atoms with Crippen molar-refractivity contribution in [2.45, 2.75) is 13.3 Å². The number of hydrogen-bond acceptors (Lipinski definition) is 1. The summed E-state index contributed by atoms with van der Waals surface area (Å²) in [4.78, 5) is 2.47.